The first kappa shape index (κ1) is 16.9. The molecule has 0 aliphatic carbocycles. The molecule has 0 spiro atoms. The van der Waals surface area contributed by atoms with Crippen LogP contribution in [-0.2, 0) is 4.74 Å². The number of nitrogens with zero attached hydrogens (tertiary/aromatic N) is 1. The van der Waals surface area contributed by atoms with Crippen molar-refractivity contribution in [2.45, 2.75) is 27.2 Å². The van der Waals surface area contributed by atoms with Crippen LogP contribution < -0.4 is 0 Å². The summed E-state index contributed by atoms with van der Waals surface area (Å²) in [6.07, 6.45) is 2.82. The van der Waals surface area contributed by atoms with Crippen molar-refractivity contribution in [3.63, 3.8) is 0 Å². The average molecular weight is 309 g/mol. The minimum Gasteiger partial charge on any atom is -0.462 e. The lowest BCUT2D eigenvalue weighted by Gasteiger charge is -2.09. The lowest BCUT2D eigenvalue weighted by molar-refractivity contribution is 0.0447. The fraction of sp³-hybridized carbons (Fsp3) is 0.300. The molecule has 2 rings (SSSR count). The third-order valence-corrected chi connectivity index (χ3v) is 3.74. The zero-order valence-corrected chi connectivity index (χ0v) is 14.0. The molecule has 0 radical (unpaired) electrons. The molecule has 2 aromatic rings. The Kier molecular flexibility index (Phi) is 6.10. The van der Waals surface area contributed by atoms with Crippen LogP contribution in [-0.4, -0.2) is 18.8 Å². The number of hydrogen-bond acceptors (Lipinski definition) is 3. The summed E-state index contributed by atoms with van der Waals surface area (Å²) in [6, 6.07) is 15.3. The lowest BCUT2D eigenvalue weighted by Crippen LogP contribution is -2.11. The molecule has 0 aromatic heterocycles. The third kappa shape index (κ3) is 5.37. The molecule has 23 heavy (non-hydrogen) atoms. The van der Waals surface area contributed by atoms with Gasteiger partial charge in [0.15, 0.2) is 0 Å². The maximum absolute atomic E-state index is 11.9. The summed E-state index contributed by atoms with van der Waals surface area (Å²) in [5, 5.41) is 0. The van der Waals surface area contributed by atoms with Crippen LogP contribution in [0.15, 0.2) is 53.5 Å². The van der Waals surface area contributed by atoms with Crippen LogP contribution in [0.4, 0.5) is 5.69 Å². The van der Waals surface area contributed by atoms with E-state index in [9.17, 15) is 4.79 Å². The zero-order valence-electron chi connectivity index (χ0n) is 14.0. The van der Waals surface area contributed by atoms with E-state index in [0.717, 1.165) is 17.7 Å². The molecule has 0 saturated carbocycles. The zero-order chi connectivity index (χ0) is 16.7. The van der Waals surface area contributed by atoms with Crippen molar-refractivity contribution in [2.75, 3.05) is 6.61 Å². The Morgan fingerprint density at radius 2 is 1.78 bits per heavy atom. The number of rotatable bonds is 6. The summed E-state index contributed by atoms with van der Waals surface area (Å²) in [5.74, 6) is 0.108. The molecule has 0 aliphatic heterocycles. The summed E-state index contributed by atoms with van der Waals surface area (Å²) >= 11 is 0. The van der Waals surface area contributed by atoms with Gasteiger partial charge in [0.25, 0.3) is 0 Å². The van der Waals surface area contributed by atoms with Gasteiger partial charge in [-0.2, -0.15) is 0 Å². The molecule has 0 bridgehead atoms. The van der Waals surface area contributed by atoms with Crippen LogP contribution in [0.25, 0.3) is 0 Å². The van der Waals surface area contributed by atoms with Crippen molar-refractivity contribution in [3.8, 4) is 0 Å². The molecule has 3 heteroatoms. The number of benzene rings is 2. The number of hydrogen-bond donors (Lipinski definition) is 0. The van der Waals surface area contributed by atoms with E-state index in [4.69, 9.17) is 4.74 Å². The van der Waals surface area contributed by atoms with E-state index in [-0.39, 0.29) is 5.97 Å². The van der Waals surface area contributed by atoms with Crippen molar-refractivity contribution in [1.82, 2.24) is 0 Å². The van der Waals surface area contributed by atoms with Gasteiger partial charge in [-0.1, -0.05) is 50.1 Å². The molecule has 3 nitrogen and oxygen atoms in total. The monoisotopic (exact) mass is 309 g/mol. The highest BCUT2D eigenvalue weighted by molar-refractivity contribution is 5.90. The minimum atomic E-state index is -0.278. The summed E-state index contributed by atoms with van der Waals surface area (Å²) in [6.45, 7) is 6.66. The maximum Gasteiger partial charge on any atom is 0.338 e. The normalized spacial score (nSPS) is 12.3. The largest absolute Gasteiger partial charge is 0.462 e. The fourth-order valence-electron chi connectivity index (χ4n) is 1.90. The molecule has 2 aromatic carbocycles. The average Bonchev–Trinajstić information content (AvgIpc) is 2.59. The SMILES string of the molecule is CCC(C)COC(=O)c1ccc(N=Cc2ccc(C)cc2)cc1. The molecule has 0 fully saturated rings. The number of carbonyl (C=O) groups excluding carboxylic acids is 1. The highest BCUT2D eigenvalue weighted by Crippen LogP contribution is 2.14. The van der Waals surface area contributed by atoms with E-state index in [2.05, 4.69) is 37.9 Å². The Morgan fingerprint density at radius 1 is 1.13 bits per heavy atom. The standard InChI is InChI=1S/C20H23NO2/c1-4-15(2)14-23-20(22)18-9-11-19(12-10-18)21-13-17-7-5-16(3)6-8-17/h5-13,15H,4,14H2,1-3H3. The Balaban J connectivity index is 1.96. The van der Waals surface area contributed by atoms with Gasteiger partial charge in [0.1, 0.15) is 0 Å². The first-order valence-electron chi connectivity index (χ1n) is 7.96. The number of ether oxygens (including phenoxy) is 1. The van der Waals surface area contributed by atoms with Gasteiger partial charge in [-0.3, -0.25) is 4.99 Å². The fourth-order valence-corrected chi connectivity index (χ4v) is 1.90. The molecule has 0 saturated heterocycles. The minimum absolute atomic E-state index is 0.278. The highest BCUT2D eigenvalue weighted by Gasteiger charge is 2.08. The van der Waals surface area contributed by atoms with Crippen LogP contribution in [0.2, 0.25) is 0 Å². The second-order valence-electron chi connectivity index (χ2n) is 5.83. The predicted molar refractivity (Wildman–Crippen MR) is 94.6 cm³/mol. The van der Waals surface area contributed by atoms with Gasteiger partial charge in [-0.25, -0.2) is 4.79 Å². The first-order valence-corrected chi connectivity index (χ1v) is 7.96. The van der Waals surface area contributed by atoms with Crippen molar-refractivity contribution in [1.29, 1.82) is 0 Å². The Hall–Kier alpha value is -2.42. The molecule has 120 valence electrons. The van der Waals surface area contributed by atoms with Crippen molar-refractivity contribution >= 4 is 17.9 Å². The summed E-state index contributed by atoms with van der Waals surface area (Å²) in [5.41, 5.74) is 3.64. The van der Waals surface area contributed by atoms with Crippen molar-refractivity contribution < 1.29 is 9.53 Å². The van der Waals surface area contributed by atoms with E-state index in [0.29, 0.717) is 18.1 Å². The number of aliphatic imine (C=N–C) groups is 1. The first-order chi connectivity index (χ1) is 11.1. The summed E-state index contributed by atoms with van der Waals surface area (Å²) in [7, 11) is 0. The number of aryl methyl sites for hydroxylation is 1. The van der Waals surface area contributed by atoms with Gasteiger partial charge >= 0.3 is 5.97 Å². The second kappa shape index (κ2) is 8.28. The van der Waals surface area contributed by atoms with Crippen LogP contribution in [0.1, 0.15) is 41.8 Å². The van der Waals surface area contributed by atoms with Crippen LogP contribution in [0.3, 0.4) is 0 Å². The van der Waals surface area contributed by atoms with E-state index >= 15 is 0 Å². The smallest absolute Gasteiger partial charge is 0.338 e. The Labute approximate surface area is 138 Å². The highest BCUT2D eigenvalue weighted by atomic mass is 16.5. The van der Waals surface area contributed by atoms with Crippen molar-refractivity contribution in [2.24, 2.45) is 10.9 Å². The van der Waals surface area contributed by atoms with Gasteiger partial charge in [-0.15, -0.1) is 0 Å². The molecule has 1 unspecified atom stereocenters. The van der Waals surface area contributed by atoms with Gasteiger partial charge in [0, 0.05) is 6.21 Å². The van der Waals surface area contributed by atoms with Gasteiger partial charge < -0.3 is 4.74 Å². The van der Waals surface area contributed by atoms with Crippen LogP contribution in [0, 0.1) is 12.8 Å². The topological polar surface area (TPSA) is 38.7 Å². The van der Waals surface area contributed by atoms with E-state index in [1.807, 2.05) is 30.5 Å². The number of carbonyl (C=O) groups is 1. The Bertz CT molecular complexity index is 657. The van der Waals surface area contributed by atoms with E-state index < -0.39 is 0 Å². The molecular formula is C20H23NO2. The summed E-state index contributed by atoms with van der Waals surface area (Å²) < 4.78 is 5.28. The van der Waals surface area contributed by atoms with Gasteiger partial charge in [0.05, 0.1) is 17.9 Å². The Morgan fingerprint density at radius 3 is 2.39 bits per heavy atom. The predicted octanol–water partition coefficient (Wildman–Crippen LogP) is 4.95. The van der Waals surface area contributed by atoms with Gasteiger partial charge in [-0.05, 0) is 42.7 Å². The van der Waals surface area contributed by atoms with Gasteiger partial charge in [0.2, 0.25) is 0 Å². The summed E-state index contributed by atoms with van der Waals surface area (Å²) in [4.78, 5) is 16.3. The van der Waals surface area contributed by atoms with Crippen LogP contribution in [0.5, 0.6) is 0 Å². The maximum atomic E-state index is 11.9. The third-order valence-electron chi connectivity index (χ3n) is 3.74. The molecule has 0 amide bonds. The number of esters is 1. The van der Waals surface area contributed by atoms with Crippen LogP contribution >= 0.6 is 0 Å². The quantitative estimate of drug-likeness (QED) is 0.559. The molecule has 0 heterocycles. The van der Waals surface area contributed by atoms with Crippen molar-refractivity contribution in [3.05, 3.63) is 65.2 Å². The van der Waals surface area contributed by atoms with E-state index in [1.54, 1.807) is 12.1 Å². The molecule has 0 aliphatic rings. The molecular weight excluding hydrogens is 286 g/mol. The lowest BCUT2D eigenvalue weighted by atomic mass is 10.1. The molecule has 0 N–H and O–H groups in total. The molecule has 1 atom stereocenters. The van der Waals surface area contributed by atoms with E-state index in [1.165, 1.54) is 5.56 Å². The second-order valence-corrected chi connectivity index (χ2v) is 5.83.